The molecule has 1 aliphatic heterocycles. The molecule has 33 heavy (non-hydrogen) atoms. The lowest BCUT2D eigenvalue weighted by Gasteiger charge is -2.40. The fourth-order valence-electron chi connectivity index (χ4n) is 4.50. The third-order valence-electron chi connectivity index (χ3n) is 6.52. The Balaban J connectivity index is 1.49. The van der Waals surface area contributed by atoms with Crippen molar-refractivity contribution in [3.63, 3.8) is 0 Å². The van der Waals surface area contributed by atoms with Crippen molar-refractivity contribution < 1.29 is 4.79 Å². The van der Waals surface area contributed by atoms with Crippen LogP contribution in [0.25, 0.3) is 0 Å². The lowest BCUT2D eigenvalue weighted by atomic mass is 10.0. The summed E-state index contributed by atoms with van der Waals surface area (Å²) in [6.07, 6.45) is 0. The van der Waals surface area contributed by atoms with E-state index >= 15 is 0 Å². The van der Waals surface area contributed by atoms with Crippen molar-refractivity contribution in [2.75, 3.05) is 56.6 Å². The summed E-state index contributed by atoms with van der Waals surface area (Å²) in [6.45, 7) is 6.42. The molecule has 1 saturated heterocycles. The minimum atomic E-state index is -0.00840. The van der Waals surface area contributed by atoms with Gasteiger partial charge in [-0.15, -0.1) is 0 Å². The van der Waals surface area contributed by atoms with Crippen LogP contribution >= 0.6 is 0 Å². The Bertz CT molecular complexity index is 1040. The van der Waals surface area contributed by atoms with Crippen LogP contribution in [0.15, 0.2) is 78.9 Å². The molecule has 0 bridgehead atoms. The van der Waals surface area contributed by atoms with Gasteiger partial charge in [0.1, 0.15) is 0 Å². The number of benzene rings is 3. The van der Waals surface area contributed by atoms with E-state index in [4.69, 9.17) is 0 Å². The Morgan fingerprint density at radius 3 is 2.15 bits per heavy atom. The van der Waals surface area contributed by atoms with Gasteiger partial charge in [-0.1, -0.05) is 48.5 Å². The van der Waals surface area contributed by atoms with Crippen molar-refractivity contribution in [2.45, 2.75) is 13.0 Å². The molecule has 1 atom stereocenters. The summed E-state index contributed by atoms with van der Waals surface area (Å²) in [5, 5.41) is 3.21. The fraction of sp³-hybridized carbons (Fsp3) is 0.321. The summed E-state index contributed by atoms with van der Waals surface area (Å²) >= 11 is 0. The maximum Gasteiger partial charge on any atom is 0.251 e. The minimum absolute atomic E-state index is 0.00840. The first-order valence-corrected chi connectivity index (χ1v) is 11.7. The van der Waals surface area contributed by atoms with Gasteiger partial charge in [-0.3, -0.25) is 9.69 Å². The Morgan fingerprint density at radius 1 is 0.879 bits per heavy atom. The first kappa shape index (κ1) is 22.9. The molecular weight excluding hydrogens is 408 g/mol. The molecule has 0 spiro atoms. The van der Waals surface area contributed by atoms with Crippen LogP contribution in [0.2, 0.25) is 0 Å². The van der Waals surface area contributed by atoms with E-state index in [1.807, 2.05) is 31.2 Å². The number of amides is 1. The predicted molar refractivity (Wildman–Crippen MR) is 137 cm³/mol. The maximum absolute atomic E-state index is 12.9. The van der Waals surface area contributed by atoms with Crippen LogP contribution in [0, 0.1) is 6.92 Å². The molecule has 5 heteroatoms. The van der Waals surface area contributed by atoms with Crippen LogP contribution in [-0.4, -0.2) is 57.6 Å². The zero-order valence-corrected chi connectivity index (χ0v) is 19.9. The first-order valence-electron chi connectivity index (χ1n) is 11.7. The highest BCUT2D eigenvalue weighted by molar-refractivity contribution is 5.95. The van der Waals surface area contributed by atoms with E-state index in [1.165, 1.54) is 16.9 Å². The van der Waals surface area contributed by atoms with Crippen LogP contribution in [0.3, 0.4) is 0 Å². The Morgan fingerprint density at radius 2 is 1.52 bits per heavy atom. The highest BCUT2D eigenvalue weighted by Crippen LogP contribution is 2.26. The maximum atomic E-state index is 12.9. The molecule has 3 aromatic rings. The van der Waals surface area contributed by atoms with Crippen molar-refractivity contribution in [1.82, 2.24) is 10.2 Å². The fourth-order valence-corrected chi connectivity index (χ4v) is 4.50. The monoisotopic (exact) mass is 442 g/mol. The summed E-state index contributed by atoms with van der Waals surface area (Å²) in [4.78, 5) is 20.0. The normalized spacial score (nSPS) is 15.2. The Hall–Kier alpha value is -3.31. The number of nitrogens with one attached hydrogen (secondary N) is 1. The second kappa shape index (κ2) is 10.5. The van der Waals surface area contributed by atoms with Gasteiger partial charge < -0.3 is 15.1 Å². The van der Waals surface area contributed by atoms with Gasteiger partial charge in [0.2, 0.25) is 0 Å². The molecule has 1 N–H and O–H groups in total. The molecule has 0 aromatic heterocycles. The lowest BCUT2D eigenvalue weighted by Crippen LogP contribution is -2.50. The van der Waals surface area contributed by atoms with Gasteiger partial charge in [-0.05, 0) is 48.4 Å². The van der Waals surface area contributed by atoms with Crippen molar-refractivity contribution >= 4 is 17.3 Å². The number of carbonyl (C=O) groups is 1. The van der Waals surface area contributed by atoms with Gasteiger partial charge in [-0.25, -0.2) is 0 Å². The smallest absolute Gasteiger partial charge is 0.251 e. The topological polar surface area (TPSA) is 38.8 Å². The molecule has 5 nitrogen and oxygen atoms in total. The molecule has 1 fully saturated rings. The van der Waals surface area contributed by atoms with Crippen LogP contribution in [0.1, 0.15) is 27.5 Å². The molecule has 0 radical (unpaired) electrons. The van der Waals surface area contributed by atoms with E-state index in [9.17, 15) is 4.79 Å². The number of hydrogen-bond acceptors (Lipinski definition) is 4. The van der Waals surface area contributed by atoms with Gasteiger partial charge >= 0.3 is 0 Å². The van der Waals surface area contributed by atoms with Crippen molar-refractivity contribution in [1.29, 1.82) is 0 Å². The summed E-state index contributed by atoms with van der Waals surface area (Å²) in [7, 11) is 4.11. The number of nitrogens with zero attached hydrogens (tertiary/aromatic N) is 3. The summed E-state index contributed by atoms with van der Waals surface area (Å²) in [5.41, 5.74) is 5.43. The quantitative estimate of drug-likeness (QED) is 0.590. The molecule has 1 aliphatic rings. The lowest BCUT2D eigenvalue weighted by molar-refractivity contribution is 0.0929. The number of aryl methyl sites for hydroxylation is 1. The van der Waals surface area contributed by atoms with E-state index in [2.05, 4.69) is 88.7 Å². The largest absolute Gasteiger partial charge is 0.378 e. The third-order valence-corrected chi connectivity index (χ3v) is 6.52. The number of carbonyl (C=O) groups excluding carboxylic acids is 1. The van der Waals surface area contributed by atoms with Crippen molar-refractivity contribution in [2.24, 2.45) is 0 Å². The van der Waals surface area contributed by atoms with Crippen LogP contribution < -0.4 is 15.1 Å². The average Bonchev–Trinajstić information content (AvgIpc) is 2.85. The van der Waals surface area contributed by atoms with E-state index in [-0.39, 0.29) is 11.9 Å². The first-order chi connectivity index (χ1) is 16.0. The molecule has 1 heterocycles. The highest BCUT2D eigenvalue weighted by atomic mass is 16.1. The number of hydrogen-bond donors (Lipinski definition) is 1. The molecule has 3 aromatic carbocycles. The number of rotatable bonds is 7. The molecular formula is C28H34N4O. The second-order valence-corrected chi connectivity index (χ2v) is 8.89. The van der Waals surface area contributed by atoms with E-state index < -0.39 is 0 Å². The van der Waals surface area contributed by atoms with Gasteiger partial charge in [0, 0.05) is 63.8 Å². The van der Waals surface area contributed by atoms with Gasteiger partial charge in [0.05, 0.1) is 6.04 Å². The summed E-state index contributed by atoms with van der Waals surface area (Å²) < 4.78 is 0. The van der Waals surface area contributed by atoms with Crippen LogP contribution in [-0.2, 0) is 0 Å². The van der Waals surface area contributed by atoms with E-state index in [0.717, 1.165) is 37.3 Å². The standard InChI is InChI=1S/C28H34N4O/c1-22-9-7-8-12-26(22)28(33)29-21-27(23-13-15-24(16-14-23)30(2)3)32-19-17-31(18-20-32)25-10-5-4-6-11-25/h4-16,27H,17-21H2,1-3H3,(H,29,33). The third kappa shape index (κ3) is 5.55. The van der Waals surface area contributed by atoms with Crippen molar-refractivity contribution in [3.05, 3.63) is 95.6 Å². The molecule has 4 rings (SSSR count). The Labute approximate surface area is 197 Å². The zero-order chi connectivity index (χ0) is 23.2. The van der Waals surface area contributed by atoms with Crippen LogP contribution in [0.5, 0.6) is 0 Å². The highest BCUT2D eigenvalue weighted by Gasteiger charge is 2.26. The molecule has 1 amide bonds. The second-order valence-electron chi connectivity index (χ2n) is 8.89. The SMILES string of the molecule is Cc1ccccc1C(=O)NCC(c1ccc(N(C)C)cc1)N1CCN(c2ccccc2)CC1. The number of piperazine rings is 1. The van der Waals surface area contributed by atoms with E-state index in [1.54, 1.807) is 0 Å². The molecule has 172 valence electrons. The minimum Gasteiger partial charge on any atom is -0.378 e. The molecule has 0 aliphatic carbocycles. The molecule has 0 saturated carbocycles. The Kier molecular flexibility index (Phi) is 7.30. The van der Waals surface area contributed by atoms with E-state index in [0.29, 0.717) is 6.54 Å². The summed E-state index contributed by atoms with van der Waals surface area (Å²) in [5.74, 6) is -0.00840. The van der Waals surface area contributed by atoms with Crippen LogP contribution in [0.4, 0.5) is 11.4 Å². The van der Waals surface area contributed by atoms with Crippen molar-refractivity contribution in [3.8, 4) is 0 Å². The number of anilines is 2. The molecule has 1 unspecified atom stereocenters. The zero-order valence-electron chi connectivity index (χ0n) is 19.9. The predicted octanol–water partition coefficient (Wildman–Crippen LogP) is 4.35. The van der Waals surface area contributed by atoms with Gasteiger partial charge in [0.15, 0.2) is 0 Å². The average molecular weight is 443 g/mol. The number of para-hydroxylation sites is 1. The summed E-state index contributed by atoms with van der Waals surface area (Å²) in [6, 6.07) is 27.2. The van der Waals surface area contributed by atoms with Gasteiger partial charge in [-0.2, -0.15) is 0 Å². The van der Waals surface area contributed by atoms with Gasteiger partial charge in [0.25, 0.3) is 5.91 Å².